The highest BCUT2D eigenvalue weighted by Crippen LogP contribution is 2.13. The molecule has 0 bridgehead atoms. The topological polar surface area (TPSA) is 58.2 Å². The SMILES string of the molecule is C=C/C(=C\C=C\NC(C)=O)Cc1ccc(NC(C)=O)cc1.[B]PC. The predicted octanol–water partition coefficient (Wildman–Crippen LogP) is 3.33. The van der Waals surface area contributed by atoms with E-state index >= 15 is 0 Å². The Hall–Kier alpha value is -2.13. The van der Waals surface area contributed by atoms with E-state index in [0.29, 0.717) is 8.46 Å². The summed E-state index contributed by atoms with van der Waals surface area (Å²) in [6.45, 7) is 8.65. The lowest BCUT2D eigenvalue weighted by Gasteiger charge is -2.05. The van der Waals surface area contributed by atoms with Crippen LogP contribution in [0.15, 0.2) is 60.8 Å². The highest BCUT2D eigenvalue weighted by atomic mass is 31.1. The van der Waals surface area contributed by atoms with Gasteiger partial charge in [0.1, 0.15) is 7.57 Å². The lowest BCUT2D eigenvalue weighted by Crippen LogP contribution is -2.10. The van der Waals surface area contributed by atoms with E-state index in [0.717, 1.165) is 23.2 Å². The Kier molecular flexibility index (Phi) is 12.1. The van der Waals surface area contributed by atoms with Crippen LogP contribution in [0.4, 0.5) is 5.69 Å². The summed E-state index contributed by atoms with van der Waals surface area (Å²) in [6, 6.07) is 7.65. The molecule has 2 radical (unpaired) electrons. The van der Waals surface area contributed by atoms with E-state index in [1.807, 2.05) is 37.0 Å². The van der Waals surface area contributed by atoms with Crippen LogP contribution in [0.5, 0.6) is 0 Å². The maximum atomic E-state index is 10.9. The number of nitrogens with one attached hydrogen (secondary N) is 2. The summed E-state index contributed by atoms with van der Waals surface area (Å²) in [5.41, 5.74) is 2.92. The van der Waals surface area contributed by atoms with Gasteiger partial charge in [0.2, 0.25) is 11.8 Å². The van der Waals surface area contributed by atoms with E-state index in [1.165, 1.54) is 13.8 Å². The molecule has 4 nitrogen and oxygen atoms in total. The van der Waals surface area contributed by atoms with E-state index in [-0.39, 0.29) is 11.8 Å². The normalized spacial score (nSPS) is 11.0. The van der Waals surface area contributed by atoms with Gasteiger partial charge in [0.05, 0.1) is 0 Å². The van der Waals surface area contributed by atoms with Crippen LogP contribution < -0.4 is 10.6 Å². The third-order valence-electron chi connectivity index (χ3n) is 2.64. The first-order valence-corrected chi connectivity index (χ1v) is 8.99. The largest absolute Gasteiger partial charge is 0.333 e. The van der Waals surface area contributed by atoms with Crippen molar-refractivity contribution in [3.8, 4) is 0 Å². The lowest BCUT2D eigenvalue weighted by atomic mass is 10.0. The van der Waals surface area contributed by atoms with Gasteiger partial charge in [0.15, 0.2) is 0 Å². The number of hydrogen-bond acceptors (Lipinski definition) is 2. The summed E-state index contributed by atoms with van der Waals surface area (Å²) in [7, 11) is 5.46. The van der Waals surface area contributed by atoms with Gasteiger partial charge in [-0.1, -0.05) is 37.5 Å². The Bertz CT molecular complexity index is 596. The Morgan fingerprint density at radius 2 is 1.79 bits per heavy atom. The molecule has 2 N–H and O–H groups in total. The summed E-state index contributed by atoms with van der Waals surface area (Å²) in [4.78, 5) is 21.7. The van der Waals surface area contributed by atoms with Gasteiger partial charge in [-0.25, -0.2) is 0 Å². The second-order valence-corrected chi connectivity index (χ2v) is 5.43. The lowest BCUT2D eigenvalue weighted by molar-refractivity contribution is -0.118. The number of amides is 2. The van der Waals surface area contributed by atoms with E-state index < -0.39 is 0 Å². The van der Waals surface area contributed by atoms with Crippen LogP contribution in [0, 0.1) is 0 Å². The minimum absolute atomic E-state index is 0.0856. The smallest absolute Gasteiger partial charge is 0.221 e. The average Bonchev–Trinajstić information content (AvgIpc) is 2.52. The molecule has 0 spiro atoms. The first-order valence-electron chi connectivity index (χ1n) is 7.42. The van der Waals surface area contributed by atoms with E-state index in [1.54, 1.807) is 18.4 Å². The quantitative estimate of drug-likeness (QED) is 0.473. The van der Waals surface area contributed by atoms with Gasteiger partial charge >= 0.3 is 0 Å². The number of anilines is 1. The maximum Gasteiger partial charge on any atom is 0.221 e. The van der Waals surface area contributed by atoms with Crippen molar-refractivity contribution in [2.24, 2.45) is 0 Å². The number of allylic oxidation sites excluding steroid dienone is 4. The standard InChI is InChI=1S/C17H20N2O2.CH4BP/c1-4-15(6-5-11-18-13(2)20)12-16-7-9-17(10-8-16)19-14(3)21;1-3-2/h4-11H,1,12H2,2-3H3,(H,18,20)(H,19,21);3H,1H3/b11-5+,15-6+;. The van der Waals surface area contributed by atoms with E-state index in [2.05, 4.69) is 17.2 Å². The van der Waals surface area contributed by atoms with Gasteiger partial charge in [-0.05, 0) is 35.8 Å². The van der Waals surface area contributed by atoms with Crippen LogP contribution in [0.25, 0.3) is 0 Å². The number of carbonyl (C=O) groups excluding carboxylic acids is 2. The molecule has 126 valence electrons. The third-order valence-corrected chi connectivity index (χ3v) is 2.64. The summed E-state index contributed by atoms with van der Waals surface area (Å²) in [6.07, 6.45) is 7.76. The summed E-state index contributed by atoms with van der Waals surface area (Å²) >= 11 is 0. The molecular formula is C18H24BN2O2P. The van der Waals surface area contributed by atoms with Gasteiger partial charge in [-0.15, -0.1) is 0 Å². The minimum atomic E-state index is -0.103. The molecule has 0 aliphatic carbocycles. The first kappa shape index (κ1) is 21.9. The van der Waals surface area contributed by atoms with Crippen molar-refractivity contribution >= 4 is 33.5 Å². The van der Waals surface area contributed by atoms with Gasteiger partial charge in [0.25, 0.3) is 0 Å². The fourth-order valence-electron chi connectivity index (χ4n) is 1.68. The van der Waals surface area contributed by atoms with Crippen molar-refractivity contribution in [1.29, 1.82) is 0 Å². The molecule has 1 unspecified atom stereocenters. The zero-order valence-electron chi connectivity index (χ0n) is 14.4. The van der Waals surface area contributed by atoms with Crippen LogP contribution in [0.2, 0.25) is 0 Å². The Labute approximate surface area is 147 Å². The zero-order chi connectivity index (χ0) is 18.4. The van der Waals surface area contributed by atoms with Crippen LogP contribution in [-0.4, -0.2) is 26.0 Å². The van der Waals surface area contributed by atoms with Crippen LogP contribution in [-0.2, 0) is 16.0 Å². The van der Waals surface area contributed by atoms with Crippen molar-refractivity contribution in [1.82, 2.24) is 5.32 Å². The molecule has 0 saturated carbocycles. The molecule has 24 heavy (non-hydrogen) atoms. The molecule has 6 heteroatoms. The first-order chi connectivity index (χ1) is 11.4. The fraction of sp³-hybridized carbons (Fsp3) is 0.222. The summed E-state index contributed by atoms with van der Waals surface area (Å²) in [5.74, 6) is -0.189. The molecule has 0 heterocycles. The van der Waals surface area contributed by atoms with E-state index in [4.69, 9.17) is 7.57 Å². The molecular weight excluding hydrogens is 318 g/mol. The number of carbonyl (C=O) groups is 2. The van der Waals surface area contributed by atoms with Crippen molar-refractivity contribution in [3.63, 3.8) is 0 Å². The minimum Gasteiger partial charge on any atom is -0.333 e. The van der Waals surface area contributed by atoms with Crippen molar-refractivity contribution in [3.05, 3.63) is 66.4 Å². The monoisotopic (exact) mass is 342 g/mol. The molecule has 0 aromatic heterocycles. The molecule has 1 aromatic carbocycles. The third kappa shape index (κ3) is 11.4. The fourth-order valence-corrected chi connectivity index (χ4v) is 1.68. The Morgan fingerprint density at radius 3 is 2.25 bits per heavy atom. The number of rotatable bonds is 6. The van der Waals surface area contributed by atoms with Crippen LogP contribution >= 0.6 is 8.46 Å². The Balaban J connectivity index is 0.00000163. The maximum absolute atomic E-state index is 10.9. The van der Waals surface area contributed by atoms with E-state index in [9.17, 15) is 9.59 Å². The van der Waals surface area contributed by atoms with Gasteiger partial charge in [-0.2, -0.15) is 8.46 Å². The molecule has 0 saturated heterocycles. The highest BCUT2D eigenvalue weighted by Gasteiger charge is 1.98. The second-order valence-electron chi connectivity index (χ2n) is 4.85. The molecule has 1 rings (SSSR count). The number of benzene rings is 1. The zero-order valence-corrected chi connectivity index (χ0v) is 15.4. The average molecular weight is 342 g/mol. The second kappa shape index (κ2) is 13.3. The summed E-state index contributed by atoms with van der Waals surface area (Å²) in [5, 5.41) is 5.30. The molecule has 1 atom stereocenters. The van der Waals surface area contributed by atoms with Crippen molar-refractivity contribution in [2.45, 2.75) is 20.3 Å². The molecule has 0 aliphatic rings. The Morgan fingerprint density at radius 1 is 1.21 bits per heavy atom. The van der Waals surface area contributed by atoms with Crippen molar-refractivity contribution in [2.75, 3.05) is 12.0 Å². The van der Waals surface area contributed by atoms with Crippen LogP contribution in [0.3, 0.4) is 0 Å². The van der Waals surface area contributed by atoms with Gasteiger partial charge in [0, 0.05) is 25.7 Å². The molecule has 2 amide bonds. The van der Waals surface area contributed by atoms with Gasteiger partial charge in [-0.3, -0.25) is 9.59 Å². The van der Waals surface area contributed by atoms with Gasteiger partial charge < -0.3 is 10.6 Å². The predicted molar refractivity (Wildman–Crippen MR) is 106 cm³/mol. The molecule has 1 aromatic rings. The highest BCUT2D eigenvalue weighted by molar-refractivity contribution is 7.65. The number of hydrogen-bond donors (Lipinski definition) is 2. The molecule has 0 fully saturated rings. The van der Waals surface area contributed by atoms with Crippen molar-refractivity contribution < 1.29 is 9.59 Å². The van der Waals surface area contributed by atoms with Crippen LogP contribution in [0.1, 0.15) is 19.4 Å². The molecule has 0 aliphatic heterocycles. The summed E-state index contributed by atoms with van der Waals surface area (Å²) < 4.78 is 0.